The van der Waals surface area contributed by atoms with Crippen molar-refractivity contribution in [2.75, 3.05) is 17.2 Å². The van der Waals surface area contributed by atoms with Crippen molar-refractivity contribution in [2.24, 2.45) is 7.05 Å². The Kier molecular flexibility index (Phi) is 5.44. The second-order valence-corrected chi connectivity index (χ2v) is 6.51. The van der Waals surface area contributed by atoms with Gasteiger partial charge in [0.1, 0.15) is 11.5 Å². The van der Waals surface area contributed by atoms with Crippen LogP contribution in [0.1, 0.15) is 24.5 Å². The molecule has 0 amide bonds. The van der Waals surface area contributed by atoms with E-state index in [1.54, 1.807) is 10.9 Å². The summed E-state index contributed by atoms with van der Waals surface area (Å²) in [5.74, 6) is 0.171. The van der Waals surface area contributed by atoms with Gasteiger partial charge in [-0.1, -0.05) is 37.3 Å². The van der Waals surface area contributed by atoms with Gasteiger partial charge in [-0.2, -0.15) is 5.10 Å². The van der Waals surface area contributed by atoms with Gasteiger partial charge in [-0.3, -0.25) is 19.0 Å². The Labute approximate surface area is 156 Å². The molecular weight excluding hydrogens is 344 g/mol. The number of aromatic amines is 1. The Hall–Kier alpha value is -3.29. The Morgan fingerprint density at radius 2 is 1.93 bits per heavy atom. The van der Waals surface area contributed by atoms with E-state index in [2.05, 4.69) is 10.1 Å². The molecular formula is C19H24N6O2. The highest BCUT2D eigenvalue weighted by molar-refractivity contribution is 5.62. The fraction of sp³-hybridized carbons (Fsp3) is 0.316. The zero-order chi connectivity index (χ0) is 19.4. The van der Waals surface area contributed by atoms with Crippen LogP contribution in [0.4, 0.5) is 11.5 Å². The number of H-pyrrole nitrogens is 1. The van der Waals surface area contributed by atoms with Crippen LogP contribution < -0.4 is 21.9 Å². The molecule has 0 bridgehead atoms. The molecule has 0 spiro atoms. The Bertz CT molecular complexity index is 1020. The molecule has 0 fully saturated rings. The molecule has 142 valence electrons. The van der Waals surface area contributed by atoms with Crippen molar-refractivity contribution in [2.45, 2.75) is 26.4 Å². The highest BCUT2D eigenvalue weighted by Crippen LogP contribution is 2.20. The van der Waals surface area contributed by atoms with Crippen molar-refractivity contribution >= 4 is 11.5 Å². The van der Waals surface area contributed by atoms with Crippen molar-refractivity contribution in [3.05, 3.63) is 74.7 Å². The Morgan fingerprint density at radius 3 is 2.56 bits per heavy atom. The summed E-state index contributed by atoms with van der Waals surface area (Å²) in [6.07, 6.45) is 4.48. The minimum absolute atomic E-state index is 0.171. The van der Waals surface area contributed by atoms with Crippen LogP contribution in [0.2, 0.25) is 0 Å². The quantitative estimate of drug-likeness (QED) is 0.655. The number of nitrogen functional groups attached to an aromatic ring is 1. The summed E-state index contributed by atoms with van der Waals surface area (Å²) < 4.78 is 3.11. The molecule has 0 atom stereocenters. The number of aromatic nitrogens is 4. The van der Waals surface area contributed by atoms with Gasteiger partial charge in [0.15, 0.2) is 0 Å². The summed E-state index contributed by atoms with van der Waals surface area (Å²) in [4.78, 5) is 29.2. The monoisotopic (exact) mass is 368 g/mol. The molecule has 8 heteroatoms. The second-order valence-electron chi connectivity index (χ2n) is 6.51. The Balaban J connectivity index is 2.03. The summed E-state index contributed by atoms with van der Waals surface area (Å²) in [5, 5.41) is 4.17. The first-order valence-electron chi connectivity index (χ1n) is 8.88. The van der Waals surface area contributed by atoms with E-state index in [4.69, 9.17) is 5.73 Å². The van der Waals surface area contributed by atoms with Gasteiger partial charge in [0.25, 0.3) is 5.56 Å². The molecule has 0 radical (unpaired) electrons. The van der Waals surface area contributed by atoms with Gasteiger partial charge < -0.3 is 10.6 Å². The topological polar surface area (TPSA) is 102 Å². The zero-order valence-corrected chi connectivity index (χ0v) is 15.6. The maximum atomic E-state index is 12.6. The van der Waals surface area contributed by atoms with Gasteiger partial charge in [-0.15, -0.1) is 0 Å². The van der Waals surface area contributed by atoms with Gasteiger partial charge in [-0.05, 0) is 12.0 Å². The molecule has 0 aliphatic heterocycles. The van der Waals surface area contributed by atoms with Crippen LogP contribution in [-0.2, 0) is 20.1 Å². The van der Waals surface area contributed by atoms with Crippen molar-refractivity contribution < 1.29 is 0 Å². The predicted octanol–water partition coefficient (Wildman–Crippen LogP) is 1.32. The lowest BCUT2D eigenvalue weighted by Gasteiger charge is -2.25. The smallest absolute Gasteiger partial charge is 0.330 e. The molecule has 3 rings (SSSR count). The summed E-state index contributed by atoms with van der Waals surface area (Å²) in [6, 6.07) is 9.53. The van der Waals surface area contributed by atoms with Gasteiger partial charge in [0, 0.05) is 31.9 Å². The average molecular weight is 368 g/mol. The van der Waals surface area contributed by atoms with E-state index in [0.717, 1.165) is 17.5 Å². The number of rotatable bonds is 7. The Morgan fingerprint density at radius 1 is 1.19 bits per heavy atom. The number of aryl methyl sites for hydroxylation is 1. The molecule has 2 heterocycles. The lowest BCUT2D eigenvalue weighted by molar-refractivity contribution is 0.706. The summed E-state index contributed by atoms with van der Waals surface area (Å²) in [5.41, 5.74) is 7.53. The van der Waals surface area contributed by atoms with Crippen LogP contribution >= 0.6 is 0 Å². The molecule has 0 aliphatic carbocycles. The van der Waals surface area contributed by atoms with E-state index in [-0.39, 0.29) is 5.82 Å². The van der Waals surface area contributed by atoms with Crippen LogP contribution in [0.25, 0.3) is 0 Å². The van der Waals surface area contributed by atoms with Crippen LogP contribution in [0.3, 0.4) is 0 Å². The highest BCUT2D eigenvalue weighted by atomic mass is 16.2. The highest BCUT2D eigenvalue weighted by Gasteiger charge is 2.19. The largest absolute Gasteiger partial charge is 0.383 e. The van der Waals surface area contributed by atoms with Crippen molar-refractivity contribution in [1.82, 2.24) is 19.3 Å². The molecule has 1 aromatic carbocycles. The van der Waals surface area contributed by atoms with E-state index in [1.165, 1.54) is 4.57 Å². The summed E-state index contributed by atoms with van der Waals surface area (Å²) >= 11 is 0. The summed E-state index contributed by atoms with van der Waals surface area (Å²) in [7, 11) is 1.84. The van der Waals surface area contributed by atoms with E-state index >= 15 is 0 Å². The average Bonchev–Trinajstić information content (AvgIpc) is 3.04. The SMILES string of the molecule is CCCN(Cc1cnn(C)c1)c1c(N)n(Cc2ccccc2)c(=O)[nH]c1=O. The number of nitrogens with zero attached hydrogens (tertiary/aromatic N) is 4. The molecule has 0 aliphatic rings. The maximum absolute atomic E-state index is 12.6. The molecule has 0 saturated heterocycles. The number of nitrogens with two attached hydrogens (primary N) is 1. The van der Waals surface area contributed by atoms with Gasteiger partial charge in [-0.25, -0.2) is 4.79 Å². The standard InChI is InChI=1S/C19H24N6O2/c1-3-9-24(12-15-10-21-23(2)11-15)16-17(20)25(19(27)22-18(16)26)13-14-7-5-4-6-8-14/h4-8,10-11H,3,9,12-13,20H2,1-2H3,(H,22,26,27). The first-order valence-corrected chi connectivity index (χ1v) is 8.88. The predicted molar refractivity (Wildman–Crippen MR) is 106 cm³/mol. The first-order chi connectivity index (χ1) is 13.0. The van der Waals surface area contributed by atoms with Crippen molar-refractivity contribution in [3.63, 3.8) is 0 Å². The molecule has 3 N–H and O–H groups in total. The lowest BCUT2D eigenvalue weighted by Crippen LogP contribution is -2.38. The third-order valence-electron chi connectivity index (χ3n) is 4.34. The van der Waals surface area contributed by atoms with Crippen molar-refractivity contribution in [3.8, 4) is 0 Å². The summed E-state index contributed by atoms with van der Waals surface area (Å²) in [6.45, 7) is 3.44. The number of hydrogen-bond acceptors (Lipinski definition) is 5. The third kappa shape index (κ3) is 4.11. The van der Waals surface area contributed by atoms with Crippen LogP contribution in [0, 0.1) is 0 Å². The first kappa shape index (κ1) is 18.5. The van der Waals surface area contributed by atoms with Crippen LogP contribution in [-0.4, -0.2) is 25.9 Å². The molecule has 0 unspecified atom stereocenters. The number of nitrogens with one attached hydrogen (secondary N) is 1. The molecule has 8 nitrogen and oxygen atoms in total. The minimum atomic E-state index is -0.511. The lowest BCUT2D eigenvalue weighted by atomic mass is 10.2. The van der Waals surface area contributed by atoms with Crippen LogP contribution in [0.15, 0.2) is 52.3 Å². The van der Waals surface area contributed by atoms with Gasteiger partial charge >= 0.3 is 5.69 Å². The number of hydrogen-bond donors (Lipinski definition) is 2. The van der Waals surface area contributed by atoms with E-state index in [0.29, 0.717) is 25.3 Å². The van der Waals surface area contributed by atoms with Crippen LogP contribution in [0.5, 0.6) is 0 Å². The molecule has 2 aromatic heterocycles. The molecule has 27 heavy (non-hydrogen) atoms. The van der Waals surface area contributed by atoms with E-state index in [1.807, 2.05) is 55.4 Å². The number of benzene rings is 1. The second kappa shape index (κ2) is 7.94. The fourth-order valence-electron chi connectivity index (χ4n) is 3.12. The normalized spacial score (nSPS) is 10.9. The minimum Gasteiger partial charge on any atom is -0.383 e. The van der Waals surface area contributed by atoms with E-state index in [9.17, 15) is 9.59 Å². The third-order valence-corrected chi connectivity index (χ3v) is 4.34. The zero-order valence-electron chi connectivity index (χ0n) is 15.6. The molecule has 0 saturated carbocycles. The maximum Gasteiger partial charge on any atom is 0.330 e. The van der Waals surface area contributed by atoms with Crippen molar-refractivity contribution in [1.29, 1.82) is 0 Å². The van der Waals surface area contributed by atoms with Gasteiger partial charge in [0.2, 0.25) is 0 Å². The number of anilines is 2. The van der Waals surface area contributed by atoms with Gasteiger partial charge in [0.05, 0.1) is 12.7 Å². The fourth-order valence-corrected chi connectivity index (χ4v) is 3.12. The van der Waals surface area contributed by atoms with E-state index < -0.39 is 11.2 Å². The molecule has 3 aromatic rings.